The minimum Gasteiger partial charge on any atom is -0.464 e. The lowest BCUT2D eigenvalue weighted by Gasteiger charge is -2.12. The molecule has 1 aromatic heterocycles. The standard InChI is InChI=1S/C23H19FN2O4S/c1-14-6-7-17-16(13-30-19(17)10-14)12-21(27)25-8-9-26-22(28)20(31-23(26)29)11-15-4-2-3-5-18(15)24/h2-7,10-11,13H,8-9,12H2,1H3,(H,25,27)/b20-11-. The van der Waals surface area contributed by atoms with Crippen molar-refractivity contribution in [3.05, 3.63) is 76.1 Å². The van der Waals surface area contributed by atoms with Gasteiger partial charge in [-0.25, -0.2) is 4.39 Å². The van der Waals surface area contributed by atoms with Crippen LogP contribution in [0.4, 0.5) is 9.18 Å². The molecule has 6 nitrogen and oxygen atoms in total. The fraction of sp³-hybridized carbons (Fsp3) is 0.174. The second kappa shape index (κ2) is 8.77. The monoisotopic (exact) mass is 438 g/mol. The van der Waals surface area contributed by atoms with Gasteiger partial charge in [-0.1, -0.05) is 30.3 Å². The minimum absolute atomic E-state index is 0.0380. The molecule has 2 heterocycles. The number of aryl methyl sites for hydroxylation is 1. The van der Waals surface area contributed by atoms with Crippen LogP contribution in [0, 0.1) is 12.7 Å². The summed E-state index contributed by atoms with van der Waals surface area (Å²) in [6.07, 6.45) is 3.06. The number of rotatable bonds is 6. The van der Waals surface area contributed by atoms with Crippen LogP contribution in [0.2, 0.25) is 0 Å². The molecule has 1 aliphatic heterocycles. The van der Waals surface area contributed by atoms with Gasteiger partial charge in [0.25, 0.3) is 11.1 Å². The number of hydrogen-bond acceptors (Lipinski definition) is 5. The van der Waals surface area contributed by atoms with Crippen LogP contribution in [0.3, 0.4) is 0 Å². The molecule has 31 heavy (non-hydrogen) atoms. The molecule has 0 aliphatic carbocycles. The first-order chi connectivity index (χ1) is 14.9. The Balaban J connectivity index is 1.33. The van der Waals surface area contributed by atoms with Gasteiger partial charge in [-0.2, -0.15) is 0 Å². The molecule has 158 valence electrons. The Morgan fingerprint density at radius 1 is 1.23 bits per heavy atom. The number of imide groups is 1. The second-order valence-electron chi connectivity index (χ2n) is 7.14. The third-order valence-electron chi connectivity index (χ3n) is 4.89. The first-order valence-electron chi connectivity index (χ1n) is 9.65. The van der Waals surface area contributed by atoms with Gasteiger partial charge in [-0.15, -0.1) is 0 Å². The summed E-state index contributed by atoms with van der Waals surface area (Å²) in [6.45, 7) is 2.12. The third kappa shape index (κ3) is 4.54. The highest BCUT2D eigenvalue weighted by Crippen LogP contribution is 2.32. The molecular weight excluding hydrogens is 419 g/mol. The summed E-state index contributed by atoms with van der Waals surface area (Å²) < 4.78 is 19.3. The zero-order valence-electron chi connectivity index (χ0n) is 16.7. The van der Waals surface area contributed by atoms with Crippen molar-refractivity contribution in [2.45, 2.75) is 13.3 Å². The van der Waals surface area contributed by atoms with E-state index in [1.807, 2.05) is 25.1 Å². The van der Waals surface area contributed by atoms with E-state index in [4.69, 9.17) is 4.42 Å². The molecule has 4 rings (SSSR count). The van der Waals surface area contributed by atoms with Crippen molar-refractivity contribution in [3.63, 3.8) is 0 Å². The Labute approximate surface area is 182 Å². The minimum atomic E-state index is -0.497. The van der Waals surface area contributed by atoms with Crippen LogP contribution < -0.4 is 5.32 Å². The van der Waals surface area contributed by atoms with Gasteiger partial charge in [0, 0.05) is 29.6 Å². The van der Waals surface area contributed by atoms with Crippen molar-refractivity contribution in [2.75, 3.05) is 13.1 Å². The van der Waals surface area contributed by atoms with E-state index in [1.54, 1.807) is 18.4 Å². The van der Waals surface area contributed by atoms with Gasteiger partial charge in [0.2, 0.25) is 5.91 Å². The summed E-state index contributed by atoms with van der Waals surface area (Å²) in [4.78, 5) is 38.2. The van der Waals surface area contributed by atoms with Crippen molar-refractivity contribution in [1.82, 2.24) is 10.2 Å². The summed E-state index contributed by atoms with van der Waals surface area (Å²) in [5.41, 5.74) is 2.80. The predicted molar refractivity (Wildman–Crippen MR) is 117 cm³/mol. The topological polar surface area (TPSA) is 79.6 Å². The summed E-state index contributed by atoms with van der Waals surface area (Å²) in [5, 5.41) is 3.16. The number of benzene rings is 2. The normalized spacial score (nSPS) is 15.3. The van der Waals surface area contributed by atoms with Gasteiger partial charge in [0.05, 0.1) is 17.6 Å². The van der Waals surface area contributed by atoms with E-state index in [1.165, 1.54) is 18.2 Å². The number of carbonyl (C=O) groups is 3. The van der Waals surface area contributed by atoms with Gasteiger partial charge in [-0.05, 0) is 42.5 Å². The Morgan fingerprint density at radius 2 is 2.03 bits per heavy atom. The Morgan fingerprint density at radius 3 is 2.84 bits per heavy atom. The molecule has 1 aliphatic rings. The van der Waals surface area contributed by atoms with E-state index in [0.29, 0.717) is 0 Å². The van der Waals surface area contributed by atoms with Gasteiger partial charge in [-0.3, -0.25) is 19.3 Å². The smallest absolute Gasteiger partial charge is 0.293 e. The predicted octanol–water partition coefficient (Wildman–Crippen LogP) is 4.28. The van der Waals surface area contributed by atoms with Crippen molar-refractivity contribution >= 4 is 45.9 Å². The number of halogens is 1. The molecule has 8 heteroatoms. The fourth-order valence-corrected chi connectivity index (χ4v) is 4.15. The Bertz CT molecular complexity index is 1220. The fourth-order valence-electron chi connectivity index (χ4n) is 3.30. The Kier molecular flexibility index (Phi) is 5.90. The molecule has 3 aromatic rings. The summed E-state index contributed by atoms with van der Waals surface area (Å²) in [6, 6.07) is 11.8. The van der Waals surface area contributed by atoms with Crippen LogP contribution in [0.15, 0.2) is 58.1 Å². The largest absolute Gasteiger partial charge is 0.464 e. The highest BCUT2D eigenvalue weighted by Gasteiger charge is 2.34. The van der Waals surface area contributed by atoms with E-state index in [0.717, 1.165) is 38.8 Å². The molecule has 0 radical (unpaired) electrons. The van der Waals surface area contributed by atoms with Crippen LogP contribution in [0.5, 0.6) is 0 Å². The number of fused-ring (bicyclic) bond motifs is 1. The summed E-state index contributed by atoms with van der Waals surface area (Å²) in [5.74, 6) is -1.20. The van der Waals surface area contributed by atoms with Crippen molar-refractivity contribution in [3.8, 4) is 0 Å². The lowest BCUT2D eigenvalue weighted by atomic mass is 10.1. The molecule has 1 saturated heterocycles. The summed E-state index contributed by atoms with van der Waals surface area (Å²) >= 11 is 0.757. The number of furan rings is 1. The maximum atomic E-state index is 13.8. The molecule has 1 fully saturated rings. The van der Waals surface area contributed by atoms with Crippen LogP contribution in [-0.4, -0.2) is 35.0 Å². The van der Waals surface area contributed by atoms with Gasteiger partial charge in [0.1, 0.15) is 11.4 Å². The second-order valence-corrected chi connectivity index (χ2v) is 8.14. The average molecular weight is 438 g/mol. The van der Waals surface area contributed by atoms with Crippen molar-refractivity contribution in [2.24, 2.45) is 0 Å². The van der Waals surface area contributed by atoms with Crippen LogP contribution in [0.1, 0.15) is 16.7 Å². The molecule has 0 unspecified atom stereocenters. The van der Waals surface area contributed by atoms with Gasteiger partial charge in [0.15, 0.2) is 0 Å². The number of nitrogens with zero attached hydrogens (tertiary/aromatic N) is 1. The molecule has 0 bridgehead atoms. The lowest BCUT2D eigenvalue weighted by Crippen LogP contribution is -2.37. The highest BCUT2D eigenvalue weighted by atomic mass is 32.2. The van der Waals surface area contributed by atoms with E-state index < -0.39 is 17.0 Å². The maximum Gasteiger partial charge on any atom is 0.293 e. The quantitative estimate of drug-likeness (QED) is 0.582. The molecule has 0 atom stereocenters. The number of amides is 3. The van der Waals surface area contributed by atoms with Gasteiger partial charge >= 0.3 is 0 Å². The molecule has 0 spiro atoms. The number of nitrogens with one attached hydrogen (secondary N) is 1. The highest BCUT2D eigenvalue weighted by molar-refractivity contribution is 8.18. The number of thioether (sulfide) groups is 1. The van der Waals surface area contributed by atoms with Crippen LogP contribution in [0.25, 0.3) is 17.0 Å². The molecule has 2 aromatic carbocycles. The van der Waals surface area contributed by atoms with Gasteiger partial charge < -0.3 is 9.73 Å². The number of hydrogen-bond donors (Lipinski definition) is 1. The first kappa shape index (κ1) is 20.9. The van der Waals surface area contributed by atoms with Crippen molar-refractivity contribution in [1.29, 1.82) is 0 Å². The van der Waals surface area contributed by atoms with E-state index in [-0.39, 0.29) is 35.9 Å². The average Bonchev–Trinajstić information content (AvgIpc) is 3.24. The number of carbonyl (C=O) groups excluding carboxylic acids is 3. The maximum absolute atomic E-state index is 13.8. The SMILES string of the molecule is Cc1ccc2c(CC(=O)NCCN3C(=O)S/C(=C\c4ccccc4F)C3=O)coc2c1. The zero-order chi connectivity index (χ0) is 22.0. The van der Waals surface area contributed by atoms with Crippen LogP contribution >= 0.6 is 11.8 Å². The van der Waals surface area contributed by atoms with E-state index >= 15 is 0 Å². The van der Waals surface area contributed by atoms with Crippen molar-refractivity contribution < 1.29 is 23.2 Å². The molecule has 0 saturated carbocycles. The van der Waals surface area contributed by atoms with E-state index in [9.17, 15) is 18.8 Å². The third-order valence-corrected chi connectivity index (χ3v) is 5.79. The molecular formula is C23H19FN2O4S. The molecule has 1 N–H and O–H groups in total. The Hall–Kier alpha value is -3.39. The lowest BCUT2D eigenvalue weighted by molar-refractivity contribution is -0.124. The van der Waals surface area contributed by atoms with Crippen LogP contribution in [-0.2, 0) is 16.0 Å². The summed E-state index contributed by atoms with van der Waals surface area (Å²) in [7, 11) is 0. The zero-order valence-corrected chi connectivity index (χ0v) is 17.5. The van der Waals surface area contributed by atoms with E-state index in [2.05, 4.69) is 5.32 Å². The first-order valence-corrected chi connectivity index (χ1v) is 10.5. The molecule has 3 amide bonds.